The largest absolute Gasteiger partial charge is 0.308 e. The molecule has 0 aromatic rings. The fourth-order valence-electron chi connectivity index (χ4n) is 0.684. The van der Waals surface area contributed by atoms with Gasteiger partial charge in [-0.3, -0.25) is 0 Å². The Morgan fingerprint density at radius 1 is 1.30 bits per heavy atom. The quantitative estimate of drug-likeness (QED) is 0.626. The molecule has 0 atom stereocenters. The molecule has 10 heavy (non-hydrogen) atoms. The van der Waals surface area contributed by atoms with Crippen LogP contribution in [0.2, 0.25) is 0 Å². The molecule has 0 heterocycles. The molecule has 0 bridgehead atoms. The van der Waals surface area contributed by atoms with E-state index in [1.54, 1.807) is 0 Å². The highest BCUT2D eigenvalue weighted by Gasteiger charge is 2.20. The van der Waals surface area contributed by atoms with E-state index < -0.39 is 9.63 Å². The van der Waals surface area contributed by atoms with Gasteiger partial charge in [-0.2, -0.15) is 0 Å². The topological polar surface area (TPSA) is 57.5 Å². The van der Waals surface area contributed by atoms with E-state index in [0.717, 1.165) is 19.1 Å². The molecule has 3 nitrogen and oxygen atoms in total. The summed E-state index contributed by atoms with van der Waals surface area (Å²) in [4.78, 5) is 0. The molecule has 0 aromatic heterocycles. The van der Waals surface area contributed by atoms with Crippen LogP contribution in [0.15, 0.2) is 0 Å². The fraction of sp³-hybridized carbons (Fsp3) is 1.00. The molecule has 0 radical (unpaired) electrons. The molecule has 0 aliphatic rings. The molecule has 0 aliphatic heterocycles. The third-order valence-corrected chi connectivity index (χ3v) is 2.45. The first-order chi connectivity index (χ1) is 4.31. The Balaban J connectivity index is 3.60. The minimum Gasteiger partial charge on any atom is -0.308 e. The summed E-state index contributed by atoms with van der Waals surface area (Å²) in [6, 6.07) is 0. The second-order valence-electron chi connectivity index (χ2n) is 2.84. The van der Waals surface area contributed by atoms with Crippen molar-refractivity contribution < 1.29 is 13.3 Å². The van der Waals surface area contributed by atoms with Gasteiger partial charge in [0.25, 0.3) is 0 Å². The maximum Gasteiger partial charge on any atom is 0.0798 e. The predicted octanol–water partition coefficient (Wildman–Crippen LogP) is 1.57. The minimum atomic E-state index is -4.17. The van der Waals surface area contributed by atoms with E-state index in [0.29, 0.717) is 6.42 Å². The monoisotopic (exact) mass is 168 g/mol. The Hall–Kier alpha value is 0.0700. The average Bonchev–Trinajstić information content (AvgIpc) is 1.61. The summed E-state index contributed by atoms with van der Waals surface area (Å²) >= 11 is 0. The van der Waals surface area contributed by atoms with Crippen molar-refractivity contribution in [2.75, 3.05) is 12.0 Å². The molecule has 0 fully saturated rings. The highest BCUT2D eigenvalue weighted by molar-refractivity contribution is 8.09. The first kappa shape index (κ1) is 10.1. The molecule has 0 aromatic carbocycles. The van der Waals surface area contributed by atoms with Gasteiger partial charge in [-0.25, -0.2) is 4.21 Å². The van der Waals surface area contributed by atoms with E-state index >= 15 is 0 Å². The molecule has 0 aliphatic carbocycles. The smallest absolute Gasteiger partial charge is 0.0798 e. The lowest BCUT2D eigenvalue weighted by Gasteiger charge is -2.24. The van der Waals surface area contributed by atoms with Crippen molar-refractivity contribution in [3.05, 3.63) is 0 Å². The number of unbranched alkanes of at least 4 members (excludes halogenated alkanes) is 2. The van der Waals surface area contributed by atoms with E-state index in [1.165, 1.54) is 0 Å². The third kappa shape index (κ3) is 8.07. The Morgan fingerprint density at radius 3 is 2.10 bits per heavy atom. The van der Waals surface area contributed by atoms with Crippen molar-refractivity contribution in [3.8, 4) is 0 Å². The molecule has 4 heteroatoms. The summed E-state index contributed by atoms with van der Waals surface area (Å²) < 4.78 is 28.4. The van der Waals surface area contributed by atoms with Gasteiger partial charge in [0.2, 0.25) is 0 Å². The lowest BCUT2D eigenvalue weighted by molar-refractivity contribution is 0.396. The van der Waals surface area contributed by atoms with Crippen LogP contribution in [0.4, 0.5) is 0 Å². The summed E-state index contributed by atoms with van der Waals surface area (Å²) in [6.07, 6.45) is 3.49. The average molecular weight is 168 g/mol. The van der Waals surface area contributed by atoms with Gasteiger partial charge in [0.05, 0.1) is 9.63 Å². The summed E-state index contributed by atoms with van der Waals surface area (Å²) in [5, 5.41) is 0. The van der Waals surface area contributed by atoms with Gasteiger partial charge >= 0.3 is 0 Å². The van der Waals surface area contributed by atoms with Crippen LogP contribution < -0.4 is 0 Å². The maximum atomic E-state index is 10.8. The molecule has 64 valence electrons. The highest BCUT2D eigenvalue weighted by atomic mass is 32.3. The van der Waals surface area contributed by atoms with Gasteiger partial charge in [0, 0.05) is 12.0 Å². The van der Waals surface area contributed by atoms with Crippen LogP contribution in [0.5, 0.6) is 0 Å². The van der Waals surface area contributed by atoms with Gasteiger partial charge < -0.3 is 9.11 Å². The van der Waals surface area contributed by atoms with Crippen molar-refractivity contribution in [2.24, 2.45) is 0 Å². The van der Waals surface area contributed by atoms with Crippen molar-refractivity contribution >= 4 is 9.63 Å². The first-order valence-corrected chi connectivity index (χ1v) is 5.89. The van der Waals surface area contributed by atoms with Crippen molar-refractivity contribution in [3.63, 3.8) is 0 Å². The van der Waals surface area contributed by atoms with E-state index in [2.05, 4.69) is 0 Å². The van der Waals surface area contributed by atoms with E-state index in [1.807, 2.05) is 6.92 Å². The zero-order chi connectivity index (χ0) is 8.28. The number of hydrogen-bond donors (Lipinski definition) is 2. The van der Waals surface area contributed by atoms with Crippen molar-refractivity contribution in [1.82, 2.24) is 0 Å². The maximum absolute atomic E-state index is 10.8. The van der Waals surface area contributed by atoms with E-state index in [-0.39, 0.29) is 5.75 Å². The van der Waals surface area contributed by atoms with Gasteiger partial charge in [0.15, 0.2) is 0 Å². The molecule has 2 N–H and O–H groups in total. The molecular weight excluding hydrogens is 152 g/mol. The SMILES string of the molecule is CCCCCS(C)(=O)(O)O. The second-order valence-corrected chi connectivity index (χ2v) is 6.10. The number of hydrogen-bond acceptors (Lipinski definition) is 1. The van der Waals surface area contributed by atoms with Crippen molar-refractivity contribution in [2.45, 2.75) is 26.2 Å². The lowest BCUT2D eigenvalue weighted by Crippen LogP contribution is -2.32. The predicted molar refractivity (Wildman–Crippen MR) is 43.7 cm³/mol. The van der Waals surface area contributed by atoms with Crippen LogP contribution in [0.1, 0.15) is 26.2 Å². The molecule has 0 saturated heterocycles. The molecule has 0 spiro atoms. The molecule has 0 saturated carbocycles. The molecular formula is C6H16O3S. The van der Waals surface area contributed by atoms with Gasteiger partial charge in [-0.1, -0.05) is 19.8 Å². The normalized spacial score (nSPS) is 16.2. The van der Waals surface area contributed by atoms with Crippen LogP contribution in [-0.4, -0.2) is 25.3 Å². The Labute approximate surface area is 61.9 Å². The standard InChI is InChI=1S/C6H16O3S/c1-3-4-5-6-10(2,7,8)9/h3-6H2,1-2H3,(H2,7,8,9). The molecule has 0 unspecified atom stereocenters. The summed E-state index contributed by atoms with van der Waals surface area (Å²) in [6.45, 7) is 2.00. The van der Waals surface area contributed by atoms with Crippen LogP contribution in [0.3, 0.4) is 0 Å². The van der Waals surface area contributed by atoms with Gasteiger partial charge in [-0.05, 0) is 6.42 Å². The fourth-order valence-corrected chi connectivity index (χ4v) is 1.55. The van der Waals surface area contributed by atoms with Crippen molar-refractivity contribution in [1.29, 1.82) is 0 Å². The first-order valence-electron chi connectivity index (χ1n) is 3.44. The van der Waals surface area contributed by atoms with E-state index in [4.69, 9.17) is 9.11 Å². The summed E-state index contributed by atoms with van der Waals surface area (Å²) in [5.74, 6) is 0.00500. The van der Waals surface area contributed by atoms with Crippen LogP contribution in [0.25, 0.3) is 0 Å². The van der Waals surface area contributed by atoms with Gasteiger partial charge in [-0.15, -0.1) is 0 Å². The zero-order valence-corrected chi connectivity index (χ0v) is 7.36. The van der Waals surface area contributed by atoms with Crippen LogP contribution in [-0.2, 0) is 9.63 Å². The molecule has 0 rings (SSSR count). The van der Waals surface area contributed by atoms with E-state index in [9.17, 15) is 4.21 Å². The Kier molecular flexibility index (Phi) is 3.00. The van der Waals surface area contributed by atoms with Crippen LogP contribution in [0, 0.1) is 0 Å². The zero-order valence-electron chi connectivity index (χ0n) is 6.54. The summed E-state index contributed by atoms with van der Waals surface area (Å²) in [5.41, 5.74) is 0. The second kappa shape index (κ2) is 2.98. The minimum absolute atomic E-state index is 0.00500. The lowest BCUT2D eigenvalue weighted by atomic mass is 10.3. The van der Waals surface area contributed by atoms with Gasteiger partial charge in [0.1, 0.15) is 0 Å². The third-order valence-electron chi connectivity index (χ3n) is 1.22. The molecule has 0 amide bonds. The Morgan fingerprint density at radius 2 is 1.80 bits per heavy atom. The highest BCUT2D eigenvalue weighted by Crippen LogP contribution is 2.13. The number of rotatable bonds is 4. The Bertz CT molecular complexity index is 147. The van der Waals surface area contributed by atoms with Crippen LogP contribution >= 0.6 is 0 Å². The summed E-state index contributed by atoms with van der Waals surface area (Å²) in [7, 11) is -4.17.